The van der Waals surface area contributed by atoms with Crippen molar-refractivity contribution in [2.45, 2.75) is 38.4 Å². The van der Waals surface area contributed by atoms with Crippen molar-refractivity contribution in [1.82, 2.24) is 0 Å². The average Bonchev–Trinajstić information content (AvgIpc) is 2.38. The third kappa shape index (κ3) is 2.99. The summed E-state index contributed by atoms with van der Waals surface area (Å²) < 4.78 is 5.80. The lowest BCUT2D eigenvalue weighted by Gasteiger charge is -2.40. The number of hydrogen-bond donors (Lipinski definition) is 2. The first-order chi connectivity index (χ1) is 9.43. The number of carboxylic acid groups (broad SMARTS) is 2. The fraction of sp³-hybridized carbons (Fsp3) is 0.467. The van der Waals surface area contributed by atoms with Gasteiger partial charge >= 0.3 is 11.9 Å². The average molecular weight is 278 g/mol. The van der Waals surface area contributed by atoms with Crippen LogP contribution in [0.2, 0.25) is 0 Å². The quantitative estimate of drug-likeness (QED) is 0.884. The zero-order chi connectivity index (χ0) is 14.8. The van der Waals surface area contributed by atoms with Gasteiger partial charge in [-0.25, -0.2) is 0 Å². The number of hydrogen-bond acceptors (Lipinski definition) is 3. The Kier molecular flexibility index (Phi) is 4.09. The Hall–Kier alpha value is -1.88. The predicted molar refractivity (Wildman–Crippen MR) is 71.3 cm³/mol. The van der Waals surface area contributed by atoms with Crippen molar-refractivity contribution in [1.29, 1.82) is 0 Å². The summed E-state index contributed by atoms with van der Waals surface area (Å²) in [7, 11) is 0. The van der Waals surface area contributed by atoms with E-state index in [9.17, 15) is 14.7 Å². The van der Waals surface area contributed by atoms with E-state index >= 15 is 0 Å². The number of benzene rings is 1. The number of aliphatic carboxylic acids is 2. The molecule has 1 aliphatic rings. The van der Waals surface area contributed by atoms with E-state index in [1.54, 1.807) is 6.92 Å². The van der Waals surface area contributed by atoms with Gasteiger partial charge in [0.25, 0.3) is 0 Å². The lowest BCUT2D eigenvalue weighted by molar-refractivity contribution is -0.172. The molecule has 5 heteroatoms. The SMILES string of the molecule is C[C@@H]1C[C@](CC(=O)O)(C(=O)O)C[C@H](c2ccccc2)O1. The minimum atomic E-state index is -1.26. The first-order valence-corrected chi connectivity index (χ1v) is 6.58. The van der Waals surface area contributed by atoms with Crippen molar-refractivity contribution in [3.8, 4) is 0 Å². The molecule has 2 rings (SSSR count). The minimum absolute atomic E-state index is 0.184. The van der Waals surface area contributed by atoms with Crippen molar-refractivity contribution >= 4 is 11.9 Å². The summed E-state index contributed by atoms with van der Waals surface area (Å²) in [5.74, 6) is -2.15. The molecule has 20 heavy (non-hydrogen) atoms. The van der Waals surface area contributed by atoms with E-state index in [-0.39, 0.29) is 31.5 Å². The summed E-state index contributed by atoms with van der Waals surface area (Å²) in [5, 5.41) is 18.5. The van der Waals surface area contributed by atoms with Crippen molar-refractivity contribution in [2.75, 3.05) is 0 Å². The third-order valence-electron chi connectivity index (χ3n) is 3.77. The van der Waals surface area contributed by atoms with Crippen LogP contribution in [0.15, 0.2) is 30.3 Å². The second-order valence-electron chi connectivity index (χ2n) is 5.41. The Balaban J connectivity index is 2.30. The summed E-state index contributed by atoms with van der Waals surface area (Å²) in [6.45, 7) is 1.79. The summed E-state index contributed by atoms with van der Waals surface area (Å²) in [6, 6.07) is 9.33. The van der Waals surface area contributed by atoms with Crippen LogP contribution in [0.5, 0.6) is 0 Å². The molecule has 0 radical (unpaired) electrons. The lowest BCUT2D eigenvalue weighted by atomic mass is 9.72. The third-order valence-corrected chi connectivity index (χ3v) is 3.77. The molecule has 2 N–H and O–H groups in total. The molecule has 5 nitrogen and oxygen atoms in total. The molecule has 1 aliphatic heterocycles. The Morgan fingerprint density at radius 3 is 2.45 bits per heavy atom. The van der Waals surface area contributed by atoms with E-state index in [2.05, 4.69) is 0 Å². The van der Waals surface area contributed by atoms with E-state index in [4.69, 9.17) is 9.84 Å². The molecule has 0 amide bonds. The number of ether oxygens (including phenoxy) is 1. The van der Waals surface area contributed by atoms with Crippen LogP contribution in [-0.2, 0) is 14.3 Å². The zero-order valence-electron chi connectivity index (χ0n) is 11.3. The lowest BCUT2D eigenvalue weighted by Crippen LogP contribution is -2.43. The fourth-order valence-corrected chi connectivity index (χ4v) is 2.91. The van der Waals surface area contributed by atoms with Crippen LogP contribution in [0.4, 0.5) is 0 Å². The zero-order valence-corrected chi connectivity index (χ0v) is 11.3. The van der Waals surface area contributed by atoms with E-state index in [0.717, 1.165) is 5.56 Å². The van der Waals surface area contributed by atoms with Gasteiger partial charge < -0.3 is 14.9 Å². The molecule has 1 fully saturated rings. The summed E-state index contributed by atoms with van der Waals surface area (Å²) >= 11 is 0. The highest BCUT2D eigenvalue weighted by Crippen LogP contribution is 2.45. The van der Waals surface area contributed by atoms with Crippen LogP contribution in [0.25, 0.3) is 0 Å². The van der Waals surface area contributed by atoms with E-state index in [1.165, 1.54) is 0 Å². The summed E-state index contributed by atoms with van der Waals surface area (Å²) in [5.41, 5.74) is -0.376. The molecular formula is C15H18O5. The number of rotatable bonds is 4. The number of carboxylic acids is 2. The molecule has 1 saturated heterocycles. The largest absolute Gasteiger partial charge is 0.481 e. The van der Waals surface area contributed by atoms with Gasteiger partial charge in [-0.3, -0.25) is 9.59 Å². The maximum absolute atomic E-state index is 11.6. The Morgan fingerprint density at radius 1 is 1.25 bits per heavy atom. The molecular weight excluding hydrogens is 260 g/mol. The normalized spacial score (nSPS) is 29.9. The first kappa shape index (κ1) is 14.5. The van der Waals surface area contributed by atoms with E-state index in [1.807, 2.05) is 30.3 Å². The predicted octanol–water partition coefficient (Wildman–Crippen LogP) is 2.47. The van der Waals surface area contributed by atoms with Crippen molar-refractivity contribution in [3.05, 3.63) is 35.9 Å². The van der Waals surface area contributed by atoms with Gasteiger partial charge in [0.15, 0.2) is 0 Å². The van der Waals surface area contributed by atoms with Gasteiger partial charge in [0, 0.05) is 0 Å². The van der Waals surface area contributed by atoms with Gasteiger partial charge in [0.1, 0.15) is 0 Å². The second-order valence-corrected chi connectivity index (χ2v) is 5.41. The molecule has 0 aliphatic carbocycles. The van der Waals surface area contributed by atoms with E-state index < -0.39 is 17.4 Å². The summed E-state index contributed by atoms with van der Waals surface area (Å²) in [4.78, 5) is 22.6. The molecule has 1 heterocycles. The van der Waals surface area contributed by atoms with Crippen molar-refractivity contribution < 1.29 is 24.5 Å². The molecule has 0 bridgehead atoms. The van der Waals surface area contributed by atoms with Crippen LogP contribution >= 0.6 is 0 Å². The standard InChI is InChI=1S/C15H18O5/c1-10-7-15(14(18)19,9-13(16)17)8-12(20-10)11-5-3-2-4-6-11/h2-6,10,12H,7-9H2,1H3,(H,16,17)(H,18,19)/t10-,12-,15+/m1/s1. The second kappa shape index (κ2) is 5.63. The topological polar surface area (TPSA) is 83.8 Å². The molecule has 0 unspecified atom stereocenters. The van der Waals surface area contributed by atoms with Gasteiger partial charge in [-0.2, -0.15) is 0 Å². The minimum Gasteiger partial charge on any atom is -0.481 e. The monoisotopic (exact) mass is 278 g/mol. The van der Waals surface area contributed by atoms with Crippen LogP contribution in [0.3, 0.4) is 0 Å². The van der Waals surface area contributed by atoms with Crippen LogP contribution < -0.4 is 0 Å². The van der Waals surface area contributed by atoms with Gasteiger partial charge in [0.05, 0.1) is 24.0 Å². The number of carbonyl (C=O) groups is 2. The molecule has 1 aromatic rings. The van der Waals surface area contributed by atoms with E-state index in [0.29, 0.717) is 0 Å². The van der Waals surface area contributed by atoms with Gasteiger partial charge in [0.2, 0.25) is 0 Å². The Morgan fingerprint density at radius 2 is 1.90 bits per heavy atom. The van der Waals surface area contributed by atoms with Gasteiger partial charge in [-0.05, 0) is 25.3 Å². The molecule has 0 saturated carbocycles. The Labute approximate surface area is 117 Å². The first-order valence-electron chi connectivity index (χ1n) is 6.58. The Bertz CT molecular complexity index is 498. The van der Waals surface area contributed by atoms with Crippen molar-refractivity contribution in [2.24, 2.45) is 5.41 Å². The van der Waals surface area contributed by atoms with Crippen LogP contribution in [0, 0.1) is 5.41 Å². The molecule has 108 valence electrons. The summed E-state index contributed by atoms with van der Waals surface area (Å²) in [6.07, 6.45) is -0.639. The van der Waals surface area contributed by atoms with Gasteiger partial charge in [-0.15, -0.1) is 0 Å². The highest BCUT2D eigenvalue weighted by molar-refractivity contribution is 5.81. The molecule has 3 atom stereocenters. The van der Waals surface area contributed by atoms with Crippen LogP contribution in [-0.4, -0.2) is 28.3 Å². The fourth-order valence-electron chi connectivity index (χ4n) is 2.91. The smallest absolute Gasteiger partial charge is 0.310 e. The maximum Gasteiger partial charge on any atom is 0.310 e. The highest BCUT2D eigenvalue weighted by atomic mass is 16.5. The molecule has 1 aromatic carbocycles. The van der Waals surface area contributed by atoms with Crippen LogP contribution in [0.1, 0.15) is 37.9 Å². The molecule has 0 aromatic heterocycles. The maximum atomic E-state index is 11.6. The van der Waals surface area contributed by atoms with Gasteiger partial charge in [-0.1, -0.05) is 30.3 Å². The highest BCUT2D eigenvalue weighted by Gasteiger charge is 2.47. The molecule has 0 spiro atoms. The van der Waals surface area contributed by atoms with Crippen molar-refractivity contribution in [3.63, 3.8) is 0 Å².